The smallest absolute Gasteiger partial charge is 0.265 e. The van der Waals surface area contributed by atoms with E-state index in [1.54, 1.807) is 42.5 Å². The zero-order chi connectivity index (χ0) is 18.3. The number of benzene rings is 3. The van der Waals surface area contributed by atoms with E-state index in [0.29, 0.717) is 21.9 Å². The Hall–Kier alpha value is -2.86. The quantitative estimate of drug-likeness (QED) is 0.646. The molecule has 6 heteroatoms. The topological polar surface area (TPSA) is 63.7 Å². The molecule has 0 N–H and O–H groups in total. The van der Waals surface area contributed by atoms with E-state index in [0.717, 1.165) is 10.8 Å². The van der Waals surface area contributed by atoms with Crippen LogP contribution in [0.2, 0.25) is 0 Å². The summed E-state index contributed by atoms with van der Waals surface area (Å²) in [5.74, 6) is 0.374. The van der Waals surface area contributed by atoms with Crippen molar-refractivity contribution in [3.8, 4) is 5.75 Å². The Morgan fingerprint density at radius 1 is 1.00 bits per heavy atom. The van der Waals surface area contributed by atoms with Gasteiger partial charge in [0, 0.05) is 5.39 Å². The van der Waals surface area contributed by atoms with Crippen LogP contribution < -0.4 is 9.04 Å². The number of nitrogens with zero attached hydrogens (tertiary/aromatic N) is 1. The monoisotopic (exact) mass is 367 g/mol. The van der Waals surface area contributed by atoms with Gasteiger partial charge in [-0.15, -0.1) is 0 Å². The van der Waals surface area contributed by atoms with Gasteiger partial charge in [0.25, 0.3) is 10.0 Å². The highest BCUT2D eigenvalue weighted by atomic mass is 32.2. The SMILES string of the molecule is CC(=O)c1ccccc1OCCN1c2cccc3cccc(c23)S1(=O)=O. The van der Waals surface area contributed by atoms with Crippen molar-refractivity contribution < 1.29 is 17.9 Å². The van der Waals surface area contributed by atoms with Gasteiger partial charge in [-0.25, -0.2) is 8.42 Å². The van der Waals surface area contributed by atoms with Gasteiger partial charge in [-0.2, -0.15) is 0 Å². The van der Waals surface area contributed by atoms with Crippen LogP contribution in [0.25, 0.3) is 10.8 Å². The zero-order valence-corrected chi connectivity index (χ0v) is 15.0. The van der Waals surface area contributed by atoms with E-state index >= 15 is 0 Å². The summed E-state index contributed by atoms with van der Waals surface area (Å²) in [5, 5.41) is 1.65. The first-order valence-electron chi connectivity index (χ1n) is 8.27. The predicted molar refractivity (Wildman–Crippen MR) is 100 cm³/mol. The van der Waals surface area contributed by atoms with Gasteiger partial charge in [0.05, 0.1) is 22.7 Å². The van der Waals surface area contributed by atoms with Crippen LogP contribution in [0.4, 0.5) is 5.69 Å². The first-order chi connectivity index (χ1) is 12.5. The molecule has 1 aliphatic heterocycles. The third-order valence-corrected chi connectivity index (χ3v) is 6.36. The Kier molecular flexibility index (Phi) is 3.92. The van der Waals surface area contributed by atoms with Crippen molar-refractivity contribution >= 4 is 32.3 Å². The van der Waals surface area contributed by atoms with Crippen LogP contribution in [0, 0.1) is 0 Å². The summed E-state index contributed by atoms with van der Waals surface area (Å²) >= 11 is 0. The van der Waals surface area contributed by atoms with E-state index in [2.05, 4.69) is 0 Å². The number of anilines is 1. The third kappa shape index (κ3) is 2.54. The van der Waals surface area contributed by atoms with Gasteiger partial charge in [0.15, 0.2) is 5.78 Å². The Morgan fingerprint density at radius 2 is 1.73 bits per heavy atom. The second-order valence-corrected chi connectivity index (χ2v) is 7.94. The van der Waals surface area contributed by atoms with E-state index in [9.17, 15) is 13.2 Å². The Balaban J connectivity index is 1.61. The van der Waals surface area contributed by atoms with Crippen molar-refractivity contribution in [2.24, 2.45) is 0 Å². The second-order valence-electron chi connectivity index (χ2n) is 6.11. The van der Waals surface area contributed by atoms with Crippen molar-refractivity contribution in [1.82, 2.24) is 0 Å². The highest BCUT2D eigenvalue weighted by Crippen LogP contribution is 2.41. The molecule has 0 aliphatic carbocycles. The lowest BCUT2D eigenvalue weighted by atomic mass is 10.1. The molecule has 1 heterocycles. The molecule has 0 radical (unpaired) electrons. The molecule has 0 fully saturated rings. The number of sulfonamides is 1. The number of para-hydroxylation sites is 1. The van der Waals surface area contributed by atoms with Crippen LogP contribution in [0.3, 0.4) is 0 Å². The van der Waals surface area contributed by atoms with Crippen LogP contribution in [0.5, 0.6) is 5.75 Å². The van der Waals surface area contributed by atoms with Crippen molar-refractivity contribution in [2.45, 2.75) is 11.8 Å². The van der Waals surface area contributed by atoms with Gasteiger partial charge in [0.1, 0.15) is 12.4 Å². The summed E-state index contributed by atoms with van der Waals surface area (Å²) in [4.78, 5) is 12.0. The summed E-state index contributed by atoms with van der Waals surface area (Å²) in [5.41, 5.74) is 1.16. The Labute approximate surface area is 151 Å². The molecule has 0 amide bonds. The summed E-state index contributed by atoms with van der Waals surface area (Å²) in [6.07, 6.45) is 0. The van der Waals surface area contributed by atoms with E-state index in [-0.39, 0.29) is 18.9 Å². The minimum absolute atomic E-state index is 0.0911. The van der Waals surface area contributed by atoms with Gasteiger partial charge in [-0.1, -0.05) is 36.4 Å². The molecule has 0 spiro atoms. The Bertz CT molecular complexity index is 1120. The third-order valence-electron chi connectivity index (χ3n) is 4.50. The first-order valence-corrected chi connectivity index (χ1v) is 9.71. The fourth-order valence-corrected chi connectivity index (χ4v) is 5.02. The first kappa shape index (κ1) is 16.6. The summed E-state index contributed by atoms with van der Waals surface area (Å²) in [6, 6.07) is 17.8. The summed E-state index contributed by atoms with van der Waals surface area (Å²) < 4.78 is 32.9. The maximum absolute atomic E-state index is 12.9. The predicted octanol–water partition coefficient (Wildman–Crippen LogP) is 3.63. The number of ether oxygens (including phenoxy) is 1. The van der Waals surface area contributed by atoms with Crippen LogP contribution >= 0.6 is 0 Å². The normalized spacial score (nSPS) is 14.6. The number of rotatable bonds is 5. The molecule has 0 aromatic heterocycles. The number of Topliss-reactive ketones (excluding diaryl/α,β-unsaturated/α-hetero) is 1. The van der Waals surface area contributed by atoms with Crippen molar-refractivity contribution in [3.63, 3.8) is 0 Å². The fourth-order valence-electron chi connectivity index (χ4n) is 3.32. The van der Waals surface area contributed by atoms with Gasteiger partial charge >= 0.3 is 0 Å². The van der Waals surface area contributed by atoms with Crippen LogP contribution in [-0.2, 0) is 10.0 Å². The molecule has 26 heavy (non-hydrogen) atoms. The standard InChI is InChI=1S/C20H17NO4S/c1-14(22)16-8-2-3-10-18(16)25-13-12-21-17-9-4-6-15-7-5-11-19(20(15)17)26(21,23)24/h2-11H,12-13H2,1H3. The molecular weight excluding hydrogens is 350 g/mol. The van der Waals surface area contributed by atoms with Crippen LogP contribution in [0.15, 0.2) is 65.6 Å². The van der Waals surface area contributed by atoms with Crippen LogP contribution in [0.1, 0.15) is 17.3 Å². The highest BCUT2D eigenvalue weighted by molar-refractivity contribution is 7.93. The zero-order valence-electron chi connectivity index (χ0n) is 14.2. The average Bonchev–Trinajstić information content (AvgIpc) is 2.85. The number of hydrogen-bond donors (Lipinski definition) is 0. The van der Waals surface area contributed by atoms with E-state index in [1.165, 1.54) is 11.2 Å². The summed E-state index contributed by atoms with van der Waals surface area (Å²) in [7, 11) is -3.59. The van der Waals surface area contributed by atoms with Gasteiger partial charge in [0.2, 0.25) is 0 Å². The molecule has 4 rings (SSSR count). The minimum Gasteiger partial charge on any atom is -0.491 e. The van der Waals surface area contributed by atoms with Crippen LogP contribution in [-0.4, -0.2) is 27.4 Å². The molecule has 0 bridgehead atoms. The molecule has 0 unspecified atom stereocenters. The van der Waals surface area contributed by atoms with Crippen molar-refractivity contribution in [1.29, 1.82) is 0 Å². The lowest BCUT2D eigenvalue weighted by Crippen LogP contribution is -2.31. The van der Waals surface area contributed by atoms with Crippen molar-refractivity contribution in [3.05, 3.63) is 66.2 Å². The molecule has 3 aromatic carbocycles. The van der Waals surface area contributed by atoms with E-state index in [1.807, 2.05) is 18.2 Å². The molecule has 132 valence electrons. The largest absolute Gasteiger partial charge is 0.491 e. The second kappa shape index (κ2) is 6.14. The molecule has 0 atom stereocenters. The maximum atomic E-state index is 12.9. The lowest BCUT2D eigenvalue weighted by Gasteiger charge is -2.19. The molecule has 5 nitrogen and oxygen atoms in total. The van der Waals surface area contributed by atoms with Crippen molar-refractivity contribution in [2.75, 3.05) is 17.5 Å². The number of ketones is 1. The number of carbonyl (C=O) groups excluding carboxylic acids is 1. The molecule has 0 saturated heterocycles. The number of carbonyl (C=O) groups is 1. The van der Waals surface area contributed by atoms with E-state index < -0.39 is 10.0 Å². The minimum atomic E-state index is -3.59. The molecule has 1 aliphatic rings. The number of hydrogen-bond acceptors (Lipinski definition) is 4. The van der Waals surface area contributed by atoms with Gasteiger partial charge < -0.3 is 4.74 Å². The molecule has 3 aromatic rings. The lowest BCUT2D eigenvalue weighted by molar-refractivity contribution is 0.101. The maximum Gasteiger partial charge on any atom is 0.265 e. The van der Waals surface area contributed by atoms with E-state index in [4.69, 9.17) is 4.74 Å². The average molecular weight is 367 g/mol. The van der Waals surface area contributed by atoms with Gasteiger partial charge in [-0.05, 0) is 36.6 Å². The molecular formula is C20H17NO4S. The van der Waals surface area contributed by atoms with Gasteiger partial charge in [-0.3, -0.25) is 9.10 Å². The molecule has 0 saturated carbocycles. The Morgan fingerprint density at radius 3 is 2.50 bits per heavy atom. The highest BCUT2D eigenvalue weighted by Gasteiger charge is 2.35. The summed E-state index contributed by atoms with van der Waals surface area (Å²) in [6.45, 7) is 1.79. The fraction of sp³-hybridized carbons (Fsp3) is 0.150.